The lowest BCUT2D eigenvalue weighted by molar-refractivity contribution is 0.480. The first-order valence-electron chi connectivity index (χ1n) is 4.18. The maximum Gasteiger partial charge on any atom is 0.169 e. The smallest absolute Gasteiger partial charge is 0.169 e. The molecule has 1 aromatic heterocycles. The van der Waals surface area contributed by atoms with Crippen molar-refractivity contribution in [1.29, 1.82) is 0 Å². The first kappa shape index (κ1) is 8.32. The van der Waals surface area contributed by atoms with Gasteiger partial charge in [0.2, 0.25) is 0 Å². The van der Waals surface area contributed by atoms with E-state index in [1.54, 1.807) is 0 Å². The van der Waals surface area contributed by atoms with Crippen LogP contribution >= 0.6 is 15.9 Å². The van der Waals surface area contributed by atoms with E-state index in [-0.39, 0.29) is 0 Å². The number of aryl methyl sites for hydroxylation is 1. The summed E-state index contributed by atoms with van der Waals surface area (Å²) < 4.78 is 6.36. The van der Waals surface area contributed by atoms with Crippen molar-refractivity contribution in [1.82, 2.24) is 0 Å². The van der Waals surface area contributed by atoms with E-state index >= 15 is 0 Å². The summed E-state index contributed by atoms with van der Waals surface area (Å²) in [6.45, 7) is 2.86. The predicted molar refractivity (Wildman–Crippen MR) is 51.0 cm³/mol. The highest BCUT2D eigenvalue weighted by molar-refractivity contribution is 9.10. The van der Waals surface area contributed by atoms with Gasteiger partial charge in [-0.05, 0) is 53.4 Å². The molecule has 0 spiro atoms. The number of rotatable bonds is 2. The maximum atomic E-state index is 5.57. The summed E-state index contributed by atoms with van der Waals surface area (Å²) >= 11 is 3.32. The third kappa shape index (κ3) is 1.31. The van der Waals surface area contributed by atoms with Gasteiger partial charge in [0, 0.05) is 5.92 Å². The molecule has 1 aliphatic rings. The minimum Gasteiger partial charge on any atom is -0.454 e. The fraction of sp³-hybridized carbons (Fsp3) is 0.556. The molecule has 0 aliphatic heterocycles. The van der Waals surface area contributed by atoms with Crippen LogP contribution in [-0.2, 0) is 0 Å². The van der Waals surface area contributed by atoms with Crippen molar-refractivity contribution in [2.75, 3.05) is 6.54 Å². The molecule has 2 N–H and O–H groups in total. The zero-order valence-electron chi connectivity index (χ0n) is 7.01. The van der Waals surface area contributed by atoms with Gasteiger partial charge in [0.05, 0.1) is 0 Å². The van der Waals surface area contributed by atoms with Gasteiger partial charge in [-0.2, -0.15) is 0 Å². The van der Waals surface area contributed by atoms with Gasteiger partial charge in [-0.1, -0.05) is 0 Å². The average molecular weight is 230 g/mol. The van der Waals surface area contributed by atoms with E-state index < -0.39 is 0 Å². The molecule has 1 heterocycles. The molecule has 1 saturated carbocycles. The number of hydrogen-bond acceptors (Lipinski definition) is 2. The largest absolute Gasteiger partial charge is 0.454 e. The minimum absolute atomic E-state index is 0.585. The summed E-state index contributed by atoms with van der Waals surface area (Å²) in [6.07, 6.45) is 1.19. The van der Waals surface area contributed by atoms with Crippen LogP contribution in [-0.4, -0.2) is 6.54 Å². The Balaban J connectivity index is 2.19. The summed E-state index contributed by atoms with van der Waals surface area (Å²) in [5.74, 6) is 2.36. The molecule has 66 valence electrons. The Morgan fingerprint density at radius 2 is 2.50 bits per heavy atom. The lowest BCUT2D eigenvalue weighted by Gasteiger charge is -1.94. The van der Waals surface area contributed by atoms with E-state index in [2.05, 4.69) is 22.9 Å². The third-order valence-corrected chi connectivity index (χ3v) is 2.88. The Hall–Kier alpha value is -0.280. The molecule has 0 saturated heterocycles. The van der Waals surface area contributed by atoms with Crippen molar-refractivity contribution < 1.29 is 4.42 Å². The summed E-state index contributed by atoms with van der Waals surface area (Å²) in [4.78, 5) is 0. The number of halogens is 1. The molecule has 2 atom stereocenters. The third-order valence-electron chi connectivity index (χ3n) is 2.49. The lowest BCUT2D eigenvalue weighted by atomic mass is 10.2. The van der Waals surface area contributed by atoms with Gasteiger partial charge < -0.3 is 10.2 Å². The van der Waals surface area contributed by atoms with Crippen LogP contribution in [0.4, 0.5) is 0 Å². The Bertz CT molecular complexity index is 295. The quantitative estimate of drug-likeness (QED) is 0.847. The molecule has 2 nitrogen and oxygen atoms in total. The Morgan fingerprint density at radius 1 is 1.75 bits per heavy atom. The second kappa shape index (κ2) is 2.89. The molecule has 0 aromatic carbocycles. The monoisotopic (exact) mass is 229 g/mol. The molecule has 2 rings (SSSR count). The van der Waals surface area contributed by atoms with Crippen LogP contribution in [0.15, 0.2) is 15.2 Å². The Kier molecular flexibility index (Phi) is 2.00. The normalized spacial score (nSPS) is 27.6. The summed E-state index contributed by atoms with van der Waals surface area (Å²) in [7, 11) is 0. The van der Waals surface area contributed by atoms with E-state index in [4.69, 9.17) is 10.2 Å². The fourth-order valence-corrected chi connectivity index (χ4v) is 2.17. The van der Waals surface area contributed by atoms with Crippen molar-refractivity contribution in [3.63, 3.8) is 0 Å². The Morgan fingerprint density at radius 3 is 2.92 bits per heavy atom. The molecular formula is C9H12BrNO. The molecule has 0 radical (unpaired) electrons. The van der Waals surface area contributed by atoms with Gasteiger partial charge >= 0.3 is 0 Å². The number of hydrogen-bond donors (Lipinski definition) is 1. The molecule has 1 aromatic rings. The summed E-state index contributed by atoms with van der Waals surface area (Å²) in [5.41, 5.74) is 6.80. The second-order valence-electron chi connectivity index (χ2n) is 3.44. The van der Waals surface area contributed by atoms with Gasteiger partial charge in [-0.15, -0.1) is 0 Å². The molecule has 0 unspecified atom stereocenters. The van der Waals surface area contributed by atoms with Crippen LogP contribution in [0, 0.1) is 12.8 Å². The topological polar surface area (TPSA) is 39.2 Å². The first-order chi connectivity index (χ1) is 5.72. The van der Waals surface area contributed by atoms with Crippen molar-refractivity contribution in [2.24, 2.45) is 11.7 Å². The van der Waals surface area contributed by atoms with E-state index in [1.807, 2.05) is 6.07 Å². The highest BCUT2D eigenvalue weighted by atomic mass is 79.9. The van der Waals surface area contributed by atoms with Crippen molar-refractivity contribution >= 4 is 15.9 Å². The van der Waals surface area contributed by atoms with Gasteiger partial charge in [-0.3, -0.25) is 0 Å². The van der Waals surface area contributed by atoms with Crippen LogP contribution in [0.3, 0.4) is 0 Å². The van der Waals surface area contributed by atoms with Crippen molar-refractivity contribution in [2.45, 2.75) is 19.3 Å². The van der Waals surface area contributed by atoms with E-state index in [1.165, 1.54) is 12.0 Å². The van der Waals surface area contributed by atoms with Gasteiger partial charge in [-0.25, -0.2) is 0 Å². The molecule has 0 amide bonds. The van der Waals surface area contributed by atoms with Crippen LogP contribution < -0.4 is 5.73 Å². The van der Waals surface area contributed by atoms with Crippen LogP contribution in [0.5, 0.6) is 0 Å². The Labute approximate surface area is 80.3 Å². The molecule has 3 heteroatoms. The summed E-state index contributed by atoms with van der Waals surface area (Å²) in [5, 5.41) is 0. The standard InChI is InChI=1S/C9H12BrNO/c1-5-2-8(10)12-9(5)7-3-6(7)4-11/h2,6-7H,3-4,11H2,1H3/t6-,7+/m0/s1. The SMILES string of the molecule is Cc1cc(Br)oc1[C@@H]1C[C@H]1CN. The molecule has 12 heavy (non-hydrogen) atoms. The van der Waals surface area contributed by atoms with Crippen LogP contribution in [0.1, 0.15) is 23.7 Å². The molecular weight excluding hydrogens is 218 g/mol. The number of nitrogens with two attached hydrogens (primary N) is 1. The zero-order chi connectivity index (χ0) is 8.72. The summed E-state index contributed by atoms with van der Waals surface area (Å²) in [6, 6.07) is 2.02. The molecule has 1 fully saturated rings. The molecule has 1 aliphatic carbocycles. The minimum atomic E-state index is 0.585. The van der Waals surface area contributed by atoms with Crippen LogP contribution in [0.25, 0.3) is 0 Å². The predicted octanol–water partition coefficient (Wildman–Crippen LogP) is 2.41. The molecule has 0 bridgehead atoms. The number of furan rings is 1. The van der Waals surface area contributed by atoms with E-state index in [0.29, 0.717) is 11.8 Å². The highest BCUT2D eigenvalue weighted by Crippen LogP contribution is 2.48. The highest BCUT2D eigenvalue weighted by Gasteiger charge is 2.40. The van der Waals surface area contributed by atoms with Gasteiger partial charge in [0.15, 0.2) is 4.67 Å². The van der Waals surface area contributed by atoms with Gasteiger partial charge in [0.1, 0.15) is 5.76 Å². The van der Waals surface area contributed by atoms with Crippen LogP contribution in [0.2, 0.25) is 0 Å². The maximum absolute atomic E-state index is 5.57. The van der Waals surface area contributed by atoms with Crippen molar-refractivity contribution in [3.05, 3.63) is 22.1 Å². The lowest BCUT2D eigenvalue weighted by Crippen LogP contribution is -2.01. The van der Waals surface area contributed by atoms with Crippen molar-refractivity contribution in [3.8, 4) is 0 Å². The first-order valence-corrected chi connectivity index (χ1v) is 4.97. The zero-order valence-corrected chi connectivity index (χ0v) is 8.60. The second-order valence-corrected chi connectivity index (χ2v) is 4.22. The van der Waals surface area contributed by atoms with Gasteiger partial charge in [0.25, 0.3) is 0 Å². The van der Waals surface area contributed by atoms with E-state index in [0.717, 1.165) is 17.0 Å². The fourth-order valence-electron chi connectivity index (χ4n) is 1.65. The van der Waals surface area contributed by atoms with E-state index in [9.17, 15) is 0 Å². The average Bonchev–Trinajstić information content (AvgIpc) is 2.72.